The van der Waals surface area contributed by atoms with Crippen LogP contribution in [0.25, 0.3) is 0 Å². The second kappa shape index (κ2) is 5.10. The van der Waals surface area contributed by atoms with Gasteiger partial charge in [-0.25, -0.2) is 0 Å². The average Bonchev–Trinajstić information content (AvgIpc) is 3.14. The van der Waals surface area contributed by atoms with Crippen LogP contribution in [0.4, 0.5) is 5.00 Å². The van der Waals surface area contributed by atoms with Crippen molar-refractivity contribution in [3.63, 3.8) is 0 Å². The van der Waals surface area contributed by atoms with Crippen LogP contribution in [0.3, 0.4) is 0 Å². The molecule has 0 spiro atoms. The van der Waals surface area contributed by atoms with Crippen LogP contribution in [0.2, 0.25) is 0 Å². The molecule has 1 amide bonds. The van der Waals surface area contributed by atoms with Gasteiger partial charge in [0.1, 0.15) is 0 Å². The second-order valence-electron chi connectivity index (χ2n) is 7.09. The van der Waals surface area contributed by atoms with E-state index in [1.54, 1.807) is 11.3 Å². The molecule has 0 radical (unpaired) electrons. The molecule has 4 rings (SSSR count). The van der Waals surface area contributed by atoms with Gasteiger partial charge < -0.3 is 11.1 Å². The van der Waals surface area contributed by atoms with Gasteiger partial charge in [0.05, 0.1) is 10.9 Å². The van der Waals surface area contributed by atoms with E-state index < -0.39 is 0 Å². The van der Waals surface area contributed by atoms with Crippen LogP contribution in [0.1, 0.15) is 48.1 Å². The van der Waals surface area contributed by atoms with E-state index in [1.807, 2.05) is 0 Å². The number of carbonyl (C=O) groups excluding carboxylic acids is 1. The normalized spacial score (nSPS) is 34.0. The Hall–Kier alpha value is -0.870. The second-order valence-corrected chi connectivity index (χ2v) is 8.20. The number of fused-ring (bicyclic) bond motifs is 3. The largest absolute Gasteiger partial charge is 0.327 e. The third-order valence-electron chi connectivity index (χ3n) is 5.96. The Bertz CT molecular complexity index is 578. The number of nitrogens with two attached hydrogens (primary N) is 1. The van der Waals surface area contributed by atoms with Crippen molar-refractivity contribution in [3.05, 3.63) is 16.0 Å². The first kappa shape index (κ1) is 13.8. The highest BCUT2D eigenvalue weighted by molar-refractivity contribution is 7.16. The Balaban J connectivity index is 1.54. The molecule has 4 atom stereocenters. The summed E-state index contributed by atoms with van der Waals surface area (Å²) in [6.07, 6.45) is 8.52. The lowest BCUT2D eigenvalue weighted by molar-refractivity contribution is -0.121. The summed E-state index contributed by atoms with van der Waals surface area (Å²) in [6.45, 7) is 2.16. The zero-order chi connectivity index (χ0) is 14.6. The number of anilines is 1. The summed E-state index contributed by atoms with van der Waals surface area (Å²) in [4.78, 5) is 14.2. The van der Waals surface area contributed by atoms with Gasteiger partial charge in [0, 0.05) is 10.9 Å². The van der Waals surface area contributed by atoms with E-state index in [0.717, 1.165) is 5.00 Å². The monoisotopic (exact) mass is 304 g/mol. The van der Waals surface area contributed by atoms with Gasteiger partial charge in [-0.2, -0.15) is 0 Å². The molecular weight excluding hydrogens is 280 g/mol. The summed E-state index contributed by atoms with van der Waals surface area (Å²) in [5.74, 6) is 1.34. The fourth-order valence-electron chi connectivity index (χ4n) is 4.76. The zero-order valence-corrected chi connectivity index (χ0v) is 13.5. The molecule has 3 nitrogen and oxygen atoms in total. The Morgan fingerprint density at radius 1 is 1.24 bits per heavy atom. The van der Waals surface area contributed by atoms with Crippen LogP contribution in [0.5, 0.6) is 0 Å². The summed E-state index contributed by atoms with van der Waals surface area (Å²) in [5.41, 5.74) is 9.10. The first-order valence-electron chi connectivity index (χ1n) is 8.32. The van der Waals surface area contributed by atoms with Crippen LogP contribution < -0.4 is 11.1 Å². The van der Waals surface area contributed by atoms with Crippen molar-refractivity contribution in [2.45, 2.75) is 57.9 Å². The fraction of sp³-hybridized carbons (Fsp3) is 0.706. The molecule has 114 valence electrons. The van der Waals surface area contributed by atoms with Gasteiger partial charge in [-0.15, -0.1) is 11.3 Å². The maximum absolute atomic E-state index is 12.7. The lowest BCUT2D eigenvalue weighted by atomic mass is 9.84. The fourth-order valence-corrected chi connectivity index (χ4v) is 6.06. The van der Waals surface area contributed by atoms with E-state index in [4.69, 9.17) is 5.73 Å². The molecule has 0 aliphatic heterocycles. The minimum Gasteiger partial charge on any atom is -0.327 e. The number of rotatable bonds is 2. The smallest absolute Gasteiger partial charge is 0.229 e. The molecule has 0 aromatic carbocycles. The van der Waals surface area contributed by atoms with Crippen molar-refractivity contribution in [1.82, 2.24) is 0 Å². The average molecular weight is 304 g/mol. The summed E-state index contributed by atoms with van der Waals surface area (Å²) >= 11 is 1.80. The minimum atomic E-state index is 0.0438. The van der Waals surface area contributed by atoms with Crippen molar-refractivity contribution < 1.29 is 4.79 Å². The van der Waals surface area contributed by atoms with Gasteiger partial charge in [-0.05, 0) is 74.8 Å². The number of nitrogens with one attached hydrogen (secondary N) is 1. The number of hydrogen-bond acceptors (Lipinski definition) is 3. The Kier molecular flexibility index (Phi) is 3.34. The summed E-state index contributed by atoms with van der Waals surface area (Å²) in [6, 6.07) is 0.0821. The highest BCUT2D eigenvalue weighted by atomic mass is 32.1. The van der Waals surface area contributed by atoms with Crippen molar-refractivity contribution >= 4 is 22.2 Å². The number of hydrogen-bond donors (Lipinski definition) is 2. The number of amides is 1. The Morgan fingerprint density at radius 3 is 2.71 bits per heavy atom. The molecule has 2 bridgehead atoms. The Morgan fingerprint density at radius 2 is 2.00 bits per heavy atom. The summed E-state index contributed by atoms with van der Waals surface area (Å²) in [5, 5.41) is 4.31. The van der Waals surface area contributed by atoms with Crippen molar-refractivity contribution in [2.24, 2.45) is 23.5 Å². The lowest BCUT2D eigenvalue weighted by Crippen LogP contribution is -2.42. The SMILES string of the molecule is Cc1c(NC(=O)C2C3CCC(C3)C2N)sc2c1CCCC2. The van der Waals surface area contributed by atoms with Crippen molar-refractivity contribution in [1.29, 1.82) is 0 Å². The zero-order valence-electron chi connectivity index (χ0n) is 12.7. The van der Waals surface area contributed by atoms with Gasteiger partial charge in [0.2, 0.25) is 5.91 Å². The van der Waals surface area contributed by atoms with E-state index in [1.165, 1.54) is 60.9 Å². The van der Waals surface area contributed by atoms with Gasteiger partial charge >= 0.3 is 0 Å². The van der Waals surface area contributed by atoms with Crippen LogP contribution in [0.15, 0.2) is 0 Å². The molecule has 1 heterocycles. The Labute approximate surface area is 130 Å². The molecule has 4 unspecified atom stereocenters. The highest BCUT2D eigenvalue weighted by Crippen LogP contribution is 2.48. The van der Waals surface area contributed by atoms with Crippen molar-refractivity contribution in [3.8, 4) is 0 Å². The third kappa shape index (κ3) is 2.15. The van der Waals surface area contributed by atoms with E-state index in [2.05, 4.69) is 12.2 Å². The van der Waals surface area contributed by atoms with E-state index >= 15 is 0 Å². The van der Waals surface area contributed by atoms with Crippen LogP contribution in [0, 0.1) is 24.7 Å². The first-order valence-corrected chi connectivity index (χ1v) is 9.14. The molecule has 0 saturated heterocycles. The van der Waals surface area contributed by atoms with Crippen LogP contribution >= 0.6 is 11.3 Å². The van der Waals surface area contributed by atoms with Gasteiger partial charge in [-0.3, -0.25) is 4.79 Å². The van der Waals surface area contributed by atoms with Crippen molar-refractivity contribution in [2.75, 3.05) is 5.32 Å². The molecule has 2 fully saturated rings. The first-order chi connectivity index (χ1) is 10.1. The topological polar surface area (TPSA) is 55.1 Å². The van der Waals surface area contributed by atoms with Gasteiger partial charge in [0.25, 0.3) is 0 Å². The predicted octanol–water partition coefficient (Wildman–Crippen LogP) is 3.25. The summed E-state index contributed by atoms with van der Waals surface area (Å²) < 4.78 is 0. The number of carbonyl (C=O) groups is 1. The van der Waals surface area contributed by atoms with E-state index in [9.17, 15) is 4.79 Å². The molecular formula is C17H24N2OS. The van der Waals surface area contributed by atoms with Gasteiger partial charge in [0.15, 0.2) is 0 Å². The van der Waals surface area contributed by atoms with Crippen LogP contribution in [-0.2, 0) is 17.6 Å². The lowest BCUT2D eigenvalue weighted by Gasteiger charge is -2.26. The summed E-state index contributed by atoms with van der Waals surface area (Å²) in [7, 11) is 0. The molecule has 3 N–H and O–H groups in total. The maximum Gasteiger partial charge on any atom is 0.229 e. The number of thiophene rings is 1. The molecule has 4 heteroatoms. The molecule has 21 heavy (non-hydrogen) atoms. The molecule has 2 saturated carbocycles. The molecule has 3 aliphatic rings. The number of aryl methyl sites for hydroxylation is 1. The molecule has 1 aromatic heterocycles. The molecule has 1 aromatic rings. The minimum absolute atomic E-state index is 0.0438. The predicted molar refractivity (Wildman–Crippen MR) is 86.6 cm³/mol. The quantitative estimate of drug-likeness (QED) is 0.881. The standard InChI is InChI=1S/C17H24N2OS/c1-9-12-4-2-3-5-13(12)21-17(9)19-16(20)14-10-6-7-11(8-10)15(14)18/h10-11,14-15H,2-8,18H2,1H3,(H,19,20). The van der Waals surface area contributed by atoms with E-state index in [0.29, 0.717) is 11.8 Å². The third-order valence-corrected chi connectivity index (χ3v) is 7.27. The van der Waals surface area contributed by atoms with Crippen LogP contribution in [-0.4, -0.2) is 11.9 Å². The molecule has 3 aliphatic carbocycles. The van der Waals surface area contributed by atoms with Gasteiger partial charge in [-0.1, -0.05) is 0 Å². The highest BCUT2D eigenvalue weighted by Gasteiger charge is 2.49. The van der Waals surface area contributed by atoms with E-state index in [-0.39, 0.29) is 17.9 Å². The maximum atomic E-state index is 12.7.